The first kappa shape index (κ1) is 13.3. The van der Waals surface area contributed by atoms with Crippen LogP contribution in [0.3, 0.4) is 0 Å². The average molecular weight is 277 g/mol. The lowest BCUT2D eigenvalue weighted by atomic mass is 9.86. The summed E-state index contributed by atoms with van der Waals surface area (Å²) in [5, 5.41) is 3.43. The summed E-state index contributed by atoms with van der Waals surface area (Å²) in [7, 11) is 0. The van der Waals surface area contributed by atoms with Gasteiger partial charge in [-0.3, -0.25) is 0 Å². The Hall–Kier alpha value is -1.17. The zero-order valence-corrected chi connectivity index (χ0v) is 10.5. The fourth-order valence-electron chi connectivity index (χ4n) is 2.19. The zero-order chi connectivity index (χ0) is 13.1. The van der Waals surface area contributed by atoms with Crippen LogP contribution in [0.2, 0.25) is 5.02 Å². The molecule has 0 bridgehead atoms. The van der Waals surface area contributed by atoms with E-state index in [1.54, 1.807) is 0 Å². The summed E-state index contributed by atoms with van der Waals surface area (Å²) >= 11 is 5.96. The molecule has 4 nitrogen and oxygen atoms in total. The Morgan fingerprint density at radius 1 is 1.28 bits per heavy atom. The number of nitrogen functional groups attached to an aromatic ring is 1. The molecule has 1 saturated carbocycles. The molecule has 0 aliphatic heterocycles. The molecule has 1 aromatic rings. The molecule has 0 atom stereocenters. The Morgan fingerprint density at radius 3 is 2.56 bits per heavy atom. The van der Waals surface area contributed by atoms with E-state index in [1.807, 2.05) is 0 Å². The first-order chi connectivity index (χ1) is 8.58. The van der Waals surface area contributed by atoms with Crippen molar-refractivity contribution in [2.24, 2.45) is 5.92 Å². The van der Waals surface area contributed by atoms with Gasteiger partial charge in [0, 0.05) is 12.0 Å². The van der Waals surface area contributed by atoms with Crippen LogP contribution in [0.5, 0.6) is 0 Å². The summed E-state index contributed by atoms with van der Waals surface area (Å²) in [6.45, 7) is 0. The molecule has 1 aliphatic rings. The van der Waals surface area contributed by atoms with Crippen LogP contribution < -0.4 is 11.1 Å². The van der Waals surface area contributed by atoms with Crippen molar-refractivity contribution >= 4 is 23.2 Å². The van der Waals surface area contributed by atoms with E-state index in [4.69, 9.17) is 17.3 Å². The van der Waals surface area contributed by atoms with Gasteiger partial charge >= 0.3 is 0 Å². The molecule has 0 spiro atoms. The van der Waals surface area contributed by atoms with Crippen molar-refractivity contribution in [1.29, 1.82) is 0 Å². The molecule has 1 heterocycles. The number of halogens is 3. The highest BCUT2D eigenvalue weighted by Gasteiger charge is 2.27. The second kappa shape index (κ2) is 5.65. The molecule has 0 unspecified atom stereocenters. The molecule has 0 aromatic carbocycles. The molecule has 1 fully saturated rings. The Balaban J connectivity index is 1.94. The van der Waals surface area contributed by atoms with E-state index in [-0.39, 0.29) is 16.9 Å². The minimum atomic E-state index is -2.22. The van der Waals surface area contributed by atoms with E-state index in [2.05, 4.69) is 15.3 Å². The van der Waals surface area contributed by atoms with Gasteiger partial charge in [-0.05, 0) is 25.7 Å². The predicted octanol–water partition coefficient (Wildman–Crippen LogP) is 2.95. The number of hydrogen-bond acceptors (Lipinski definition) is 4. The van der Waals surface area contributed by atoms with E-state index >= 15 is 0 Å². The van der Waals surface area contributed by atoms with E-state index in [0.717, 1.165) is 0 Å². The molecule has 18 heavy (non-hydrogen) atoms. The molecule has 0 radical (unpaired) electrons. The topological polar surface area (TPSA) is 63.8 Å². The van der Waals surface area contributed by atoms with Crippen molar-refractivity contribution in [2.45, 2.75) is 38.2 Å². The highest BCUT2D eigenvalue weighted by atomic mass is 35.5. The number of aromatic nitrogens is 2. The van der Waals surface area contributed by atoms with Crippen LogP contribution in [0.15, 0.2) is 6.33 Å². The fraction of sp³-hybridized carbons (Fsp3) is 0.636. The van der Waals surface area contributed by atoms with Crippen molar-refractivity contribution in [3.8, 4) is 0 Å². The maximum Gasteiger partial charge on any atom is 0.241 e. The maximum atomic E-state index is 12.5. The summed E-state index contributed by atoms with van der Waals surface area (Å²) in [6, 6.07) is 0.117. The molecule has 0 amide bonds. The van der Waals surface area contributed by atoms with Crippen LogP contribution in [0.25, 0.3) is 0 Å². The molecule has 3 N–H and O–H groups in total. The third-order valence-electron chi connectivity index (χ3n) is 3.29. The molecule has 7 heteroatoms. The summed E-state index contributed by atoms with van der Waals surface area (Å²) in [5.41, 5.74) is 5.57. The number of hydrogen-bond donors (Lipinski definition) is 2. The Kier molecular flexibility index (Phi) is 4.16. The minimum absolute atomic E-state index is 0.117. The van der Waals surface area contributed by atoms with Crippen molar-refractivity contribution in [1.82, 2.24) is 9.97 Å². The number of rotatable bonds is 3. The second-order valence-electron chi connectivity index (χ2n) is 4.51. The number of nitrogens with two attached hydrogens (primary N) is 1. The van der Waals surface area contributed by atoms with Gasteiger partial charge in [0.1, 0.15) is 17.2 Å². The third-order valence-corrected chi connectivity index (χ3v) is 3.66. The van der Waals surface area contributed by atoms with Gasteiger partial charge in [0.25, 0.3) is 0 Å². The zero-order valence-electron chi connectivity index (χ0n) is 9.74. The van der Waals surface area contributed by atoms with E-state index in [0.29, 0.717) is 31.5 Å². The van der Waals surface area contributed by atoms with Gasteiger partial charge < -0.3 is 11.1 Å². The van der Waals surface area contributed by atoms with Crippen molar-refractivity contribution in [3.05, 3.63) is 11.3 Å². The Labute approximate surface area is 109 Å². The van der Waals surface area contributed by atoms with Crippen LogP contribution in [-0.4, -0.2) is 22.4 Å². The van der Waals surface area contributed by atoms with Crippen molar-refractivity contribution in [2.75, 3.05) is 11.1 Å². The lowest BCUT2D eigenvalue weighted by Crippen LogP contribution is -2.29. The van der Waals surface area contributed by atoms with Crippen LogP contribution in [0.1, 0.15) is 25.7 Å². The molecular formula is C11H15ClF2N4. The van der Waals surface area contributed by atoms with Crippen molar-refractivity contribution in [3.63, 3.8) is 0 Å². The Bertz CT molecular complexity index is 408. The maximum absolute atomic E-state index is 12.5. The fourth-order valence-corrected chi connectivity index (χ4v) is 2.35. The third kappa shape index (κ3) is 2.98. The molecule has 2 rings (SSSR count). The quantitative estimate of drug-likeness (QED) is 0.891. The monoisotopic (exact) mass is 276 g/mol. The minimum Gasteiger partial charge on any atom is -0.382 e. The van der Waals surface area contributed by atoms with Gasteiger partial charge in [0.2, 0.25) is 6.43 Å². The van der Waals surface area contributed by atoms with Gasteiger partial charge in [-0.2, -0.15) is 0 Å². The molecule has 1 aromatic heterocycles. The van der Waals surface area contributed by atoms with Gasteiger partial charge in [-0.25, -0.2) is 18.7 Å². The molecule has 1 aliphatic carbocycles. The van der Waals surface area contributed by atoms with Crippen LogP contribution in [-0.2, 0) is 0 Å². The SMILES string of the molecule is Nc1ncnc(NC2CCC(C(F)F)CC2)c1Cl. The number of nitrogens with zero attached hydrogens (tertiary/aromatic N) is 2. The standard InChI is InChI=1S/C11H15ClF2N4/c12-8-10(15)16-5-17-11(8)18-7-3-1-6(2-4-7)9(13)14/h5-7,9H,1-4H2,(H3,15,16,17,18). The van der Waals surface area contributed by atoms with E-state index in [9.17, 15) is 8.78 Å². The second-order valence-corrected chi connectivity index (χ2v) is 4.89. The number of alkyl halides is 2. The highest BCUT2D eigenvalue weighted by Crippen LogP contribution is 2.32. The van der Waals surface area contributed by atoms with Gasteiger partial charge in [-0.15, -0.1) is 0 Å². The largest absolute Gasteiger partial charge is 0.382 e. The molecule has 100 valence electrons. The Morgan fingerprint density at radius 2 is 1.94 bits per heavy atom. The van der Waals surface area contributed by atoms with Crippen LogP contribution in [0.4, 0.5) is 20.4 Å². The number of nitrogens with one attached hydrogen (secondary N) is 1. The summed E-state index contributed by atoms with van der Waals surface area (Å²) < 4.78 is 25.0. The lowest BCUT2D eigenvalue weighted by molar-refractivity contribution is 0.0544. The molecule has 0 saturated heterocycles. The molecular weight excluding hydrogens is 262 g/mol. The smallest absolute Gasteiger partial charge is 0.241 e. The van der Waals surface area contributed by atoms with E-state index in [1.165, 1.54) is 6.33 Å². The number of anilines is 2. The first-order valence-electron chi connectivity index (χ1n) is 5.88. The van der Waals surface area contributed by atoms with Gasteiger partial charge in [-0.1, -0.05) is 11.6 Å². The summed E-state index contributed by atoms with van der Waals surface area (Å²) in [4.78, 5) is 7.77. The van der Waals surface area contributed by atoms with Crippen LogP contribution in [0, 0.1) is 5.92 Å². The highest BCUT2D eigenvalue weighted by molar-refractivity contribution is 6.35. The summed E-state index contributed by atoms with van der Waals surface area (Å²) in [6.07, 6.45) is 1.53. The van der Waals surface area contributed by atoms with Crippen LogP contribution >= 0.6 is 11.6 Å². The van der Waals surface area contributed by atoms with Gasteiger partial charge in [0.15, 0.2) is 5.82 Å². The van der Waals surface area contributed by atoms with Gasteiger partial charge in [0.05, 0.1) is 0 Å². The average Bonchev–Trinajstić information content (AvgIpc) is 2.36. The normalized spacial score (nSPS) is 24.2. The predicted molar refractivity (Wildman–Crippen MR) is 66.8 cm³/mol. The van der Waals surface area contributed by atoms with Crippen molar-refractivity contribution < 1.29 is 8.78 Å². The summed E-state index contributed by atoms with van der Waals surface area (Å²) in [5.74, 6) is 0.217. The first-order valence-corrected chi connectivity index (χ1v) is 6.26. The lowest BCUT2D eigenvalue weighted by Gasteiger charge is -2.29. The van der Waals surface area contributed by atoms with E-state index < -0.39 is 12.3 Å².